The molecule has 0 saturated carbocycles. The zero-order valence-corrected chi connectivity index (χ0v) is 23.7. The molecule has 1 N–H and O–H groups in total. The highest BCUT2D eigenvalue weighted by Gasteiger charge is 2.54. The predicted octanol–water partition coefficient (Wildman–Crippen LogP) is 2.38. The highest BCUT2D eigenvalue weighted by molar-refractivity contribution is 5.95. The van der Waals surface area contributed by atoms with Gasteiger partial charge in [-0.05, 0) is 25.0 Å². The van der Waals surface area contributed by atoms with Crippen LogP contribution in [0.1, 0.15) is 46.1 Å². The largest absolute Gasteiger partial charge is 0.462 e. The Morgan fingerprint density at radius 1 is 1.10 bits per heavy atom. The zero-order chi connectivity index (χ0) is 30.2. The average molecular weight is 575 g/mol. The average Bonchev–Trinajstić information content (AvgIpc) is 3.20. The fourth-order valence-corrected chi connectivity index (χ4v) is 4.96. The second kappa shape index (κ2) is 14.5. The number of rotatable bonds is 13. The first-order valence-electron chi connectivity index (χ1n) is 13.4. The first kappa shape index (κ1) is 32.1. The van der Waals surface area contributed by atoms with Gasteiger partial charge in [0.25, 0.3) is 0 Å². The molecule has 1 aromatic rings. The van der Waals surface area contributed by atoms with Gasteiger partial charge in [-0.15, -0.1) is 6.58 Å². The smallest absolute Gasteiger partial charge is 0.303 e. The summed E-state index contributed by atoms with van der Waals surface area (Å²) < 4.78 is 34.5. The van der Waals surface area contributed by atoms with Crippen molar-refractivity contribution in [2.75, 3.05) is 6.61 Å². The van der Waals surface area contributed by atoms with Crippen LogP contribution >= 0.6 is 0 Å². The lowest BCUT2D eigenvalue weighted by Crippen LogP contribution is -2.52. The molecule has 11 nitrogen and oxygen atoms in total. The van der Waals surface area contributed by atoms with E-state index in [0.717, 1.165) is 5.56 Å². The van der Waals surface area contributed by atoms with Crippen molar-refractivity contribution in [3.8, 4) is 0 Å². The number of esters is 3. The van der Waals surface area contributed by atoms with Gasteiger partial charge in [0.1, 0.15) is 30.5 Å². The molecule has 11 heteroatoms. The number of carbonyl (C=O) groups is 4. The summed E-state index contributed by atoms with van der Waals surface area (Å²) in [7, 11) is 0. The molecule has 224 valence electrons. The highest BCUT2D eigenvalue weighted by Crippen LogP contribution is 2.36. The fourth-order valence-electron chi connectivity index (χ4n) is 4.96. The van der Waals surface area contributed by atoms with Crippen molar-refractivity contribution < 1.29 is 52.7 Å². The molecular formula is C30H38O11. The molecule has 0 unspecified atom stereocenters. The molecule has 41 heavy (non-hydrogen) atoms. The Hall–Kier alpha value is -3.38. The summed E-state index contributed by atoms with van der Waals surface area (Å²) in [6.45, 7) is 8.71. The molecule has 1 fully saturated rings. The van der Waals surface area contributed by atoms with Crippen molar-refractivity contribution in [2.45, 2.75) is 95.5 Å². The lowest BCUT2D eigenvalue weighted by molar-refractivity contribution is -0.187. The normalized spacial score (nSPS) is 27.9. The van der Waals surface area contributed by atoms with E-state index in [1.54, 1.807) is 19.1 Å². The lowest BCUT2D eigenvalue weighted by atomic mass is 9.92. The van der Waals surface area contributed by atoms with Gasteiger partial charge in [-0.25, -0.2) is 0 Å². The van der Waals surface area contributed by atoms with E-state index in [9.17, 15) is 24.3 Å². The number of benzene rings is 1. The quantitative estimate of drug-likeness (QED) is 0.211. The minimum absolute atomic E-state index is 0.0574. The van der Waals surface area contributed by atoms with Gasteiger partial charge in [-0.2, -0.15) is 0 Å². The summed E-state index contributed by atoms with van der Waals surface area (Å²) in [5.74, 6) is -2.36. The van der Waals surface area contributed by atoms with Gasteiger partial charge >= 0.3 is 17.9 Å². The molecule has 2 aliphatic heterocycles. The van der Waals surface area contributed by atoms with Crippen molar-refractivity contribution in [2.24, 2.45) is 0 Å². The molecule has 0 bridgehead atoms. The minimum atomic E-state index is -1.39. The number of aliphatic hydroxyl groups is 1. The molecule has 0 aromatic heterocycles. The van der Waals surface area contributed by atoms with Gasteiger partial charge in [0.15, 0.2) is 18.0 Å². The Balaban J connectivity index is 1.94. The topological polar surface area (TPSA) is 144 Å². The standard InChI is InChI=1S/C30H38O11/c1-6-10-22-13-14-23(34)26(39-22)29(38-19(3)32)28-25(35)27(36-16-21-11-8-7-9-12-21)24(40-28)15-30(5,41-20(4)33)17-37-18(2)31/h6-9,11-14,22,24-29,35H,1,10,15-17H2,2-5H3/t22-,24-,25+,26+,27+,28-,29-,30+/m1/s1. The van der Waals surface area contributed by atoms with Crippen LogP contribution in [0.25, 0.3) is 0 Å². The van der Waals surface area contributed by atoms with E-state index in [0.29, 0.717) is 6.42 Å². The lowest BCUT2D eigenvalue weighted by Gasteiger charge is -2.34. The van der Waals surface area contributed by atoms with Crippen LogP contribution in [0.3, 0.4) is 0 Å². The van der Waals surface area contributed by atoms with Crippen LogP contribution in [0.15, 0.2) is 55.1 Å². The maximum atomic E-state index is 12.9. The zero-order valence-electron chi connectivity index (χ0n) is 23.7. The van der Waals surface area contributed by atoms with Crippen LogP contribution in [-0.2, 0) is 54.2 Å². The molecule has 0 amide bonds. The Kier molecular flexibility index (Phi) is 11.4. The monoisotopic (exact) mass is 574 g/mol. The third-order valence-electron chi connectivity index (χ3n) is 6.66. The van der Waals surface area contributed by atoms with Gasteiger partial charge in [0, 0.05) is 27.2 Å². The Bertz CT molecular complexity index is 1120. The summed E-state index contributed by atoms with van der Waals surface area (Å²) in [5.41, 5.74) is -0.527. The number of ketones is 1. The maximum Gasteiger partial charge on any atom is 0.303 e. The number of ether oxygens (including phenoxy) is 6. The maximum absolute atomic E-state index is 12.9. The van der Waals surface area contributed by atoms with Crippen molar-refractivity contribution in [1.82, 2.24) is 0 Å². The molecule has 2 aliphatic rings. The van der Waals surface area contributed by atoms with Crippen molar-refractivity contribution >= 4 is 23.7 Å². The Labute approximate surface area is 239 Å². The van der Waals surface area contributed by atoms with Crippen LogP contribution in [0.2, 0.25) is 0 Å². The van der Waals surface area contributed by atoms with Crippen LogP contribution < -0.4 is 0 Å². The highest BCUT2D eigenvalue weighted by atomic mass is 16.6. The van der Waals surface area contributed by atoms with Gasteiger partial charge < -0.3 is 33.5 Å². The number of hydrogen-bond donors (Lipinski definition) is 1. The molecular weight excluding hydrogens is 536 g/mol. The van der Waals surface area contributed by atoms with Gasteiger partial charge in [-0.3, -0.25) is 19.2 Å². The first-order valence-corrected chi connectivity index (χ1v) is 13.4. The molecule has 8 atom stereocenters. The van der Waals surface area contributed by atoms with Crippen LogP contribution in [0.5, 0.6) is 0 Å². The molecule has 0 spiro atoms. The number of carbonyl (C=O) groups excluding carboxylic acids is 4. The summed E-state index contributed by atoms with van der Waals surface area (Å²) in [6, 6.07) is 9.23. The van der Waals surface area contributed by atoms with E-state index in [1.807, 2.05) is 30.3 Å². The predicted molar refractivity (Wildman–Crippen MR) is 144 cm³/mol. The Morgan fingerprint density at radius 2 is 1.80 bits per heavy atom. The van der Waals surface area contributed by atoms with Gasteiger partial charge in [0.05, 0.1) is 18.8 Å². The molecule has 1 aromatic carbocycles. The van der Waals surface area contributed by atoms with Gasteiger partial charge in [-0.1, -0.05) is 42.5 Å². The third kappa shape index (κ3) is 9.06. The van der Waals surface area contributed by atoms with Crippen molar-refractivity contribution in [1.29, 1.82) is 0 Å². The fraction of sp³-hybridized carbons (Fsp3) is 0.533. The second-order valence-electron chi connectivity index (χ2n) is 10.4. The summed E-state index contributed by atoms with van der Waals surface area (Å²) in [6.07, 6.45) is -2.75. The van der Waals surface area contributed by atoms with Crippen LogP contribution in [-0.4, -0.2) is 83.7 Å². The minimum Gasteiger partial charge on any atom is -0.462 e. The van der Waals surface area contributed by atoms with E-state index in [4.69, 9.17) is 28.4 Å². The number of hydrogen-bond acceptors (Lipinski definition) is 11. The molecule has 0 aliphatic carbocycles. The van der Waals surface area contributed by atoms with Crippen LogP contribution in [0, 0.1) is 0 Å². The number of aliphatic hydroxyl groups excluding tert-OH is 1. The molecule has 3 rings (SSSR count). The van der Waals surface area contributed by atoms with Gasteiger partial charge in [0.2, 0.25) is 0 Å². The second-order valence-corrected chi connectivity index (χ2v) is 10.4. The summed E-state index contributed by atoms with van der Waals surface area (Å²) >= 11 is 0. The molecule has 0 radical (unpaired) electrons. The van der Waals surface area contributed by atoms with Crippen molar-refractivity contribution in [3.05, 3.63) is 60.7 Å². The first-order chi connectivity index (χ1) is 19.4. The van der Waals surface area contributed by atoms with Crippen molar-refractivity contribution in [3.63, 3.8) is 0 Å². The summed E-state index contributed by atoms with van der Waals surface area (Å²) in [4.78, 5) is 48.5. The SMILES string of the molecule is C=CC[C@@H]1C=CC(=O)[C@@H]([C@@H](OC(C)=O)[C@@H]2O[C@H](C[C@@](C)(COC(C)=O)OC(C)=O)[C@H](OCc3ccccc3)[C@@H]2O)O1. The van der Waals surface area contributed by atoms with Crippen LogP contribution in [0.4, 0.5) is 0 Å². The molecule has 1 saturated heterocycles. The van der Waals surface area contributed by atoms with E-state index in [2.05, 4.69) is 6.58 Å². The third-order valence-corrected chi connectivity index (χ3v) is 6.66. The van der Waals surface area contributed by atoms with E-state index in [-0.39, 0.29) is 19.6 Å². The van der Waals surface area contributed by atoms with E-state index in [1.165, 1.54) is 26.8 Å². The Morgan fingerprint density at radius 3 is 2.41 bits per heavy atom. The summed E-state index contributed by atoms with van der Waals surface area (Å²) in [5, 5.41) is 11.5. The molecule has 2 heterocycles. The van der Waals surface area contributed by atoms with E-state index < -0.39 is 72.0 Å². The van der Waals surface area contributed by atoms with E-state index >= 15 is 0 Å².